The monoisotopic (exact) mass is 306 g/mol. The SMILES string of the molecule is Cc1ccc(C)c(S(=O)(=O)Nc2ccc([N+](=O)[O-])cc2)c1. The Morgan fingerprint density at radius 2 is 1.67 bits per heavy atom. The highest BCUT2D eigenvalue weighted by molar-refractivity contribution is 7.92. The standard InChI is InChI=1S/C14H14N2O4S/c1-10-3-4-11(2)14(9-10)21(19,20)15-12-5-7-13(8-6-12)16(17)18/h3-9,15H,1-2H3. The molecule has 110 valence electrons. The van der Waals surface area contributed by atoms with E-state index in [1.54, 1.807) is 19.1 Å². The number of hydrogen-bond acceptors (Lipinski definition) is 4. The average molecular weight is 306 g/mol. The number of hydrogen-bond donors (Lipinski definition) is 1. The van der Waals surface area contributed by atoms with Crippen LogP contribution in [0.3, 0.4) is 0 Å². The summed E-state index contributed by atoms with van der Waals surface area (Å²) in [5.41, 5.74) is 1.66. The predicted octanol–water partition coefficient (Wildman–Crippen LogP) is 3.01. The van der Waals surface area contributed by atoms with Gasteiger partial charge < -0.3 is 0 Å². The number of nitro benzene ring substituents is 1. The number of rotatable bonds is 4. The van der Waals surface area contributed by atoms with E-state index in [-0.39, 0.29) is 16.3 Å². The van der Waals surface area contributed by atoms with Gasteiger partial charge in [-0.05, 0) is 43.2 Å². The Kier molecular flexibility index (Phi) is 3.95. The molecule has 0 spiro atoms. The second-order valence-corrected chi connectivity index (χ2v) is 6.33. The topological polar surface area (TPSA) is 89.3 Å². The first-order valence-corrected chi connectivity index (χ1v) is 7.62. The van der Waals surface area contributed by atoms with Gasteiger partial charge in [-0.3, -0.25) is 14.8 Å². The number of nitrogens with one attached hydrogen (secondary N) is 1. The third kappa shape index (κ3) is 3.38. The normalized spacial score (nSPS) is 11.1. The summed E-state index contributed by atoms with van der Waals surface area (Å²) in [7, 11) is -3.72. The number of nitro groups is 1. The van der Waals surface area contributed by atoms with Crippen LogP contribution in [-0.4, -0.2) is 13.3 Å². The maximum Gasteiger partial charge on any atom is 0.269 e. The van der Waals surface area contributed by atoms with E-state index in [2.05, 4.69) is 4.72 Å². The fraction of sp³-hybridized carbons (Fsp3) is 0.143. The predicted molar refractivity (Wildman–Crippen MR) is 79.8 cm³/mol. The number of sulfonamides is 1. The molecule has 7 heteroatoms. The molecule has 0 amide bonds. The van der Waals surface area contributed by atoms with E-state index in [0.29, 0.717) is 5.56 Å². The molecule has 0 fully saturated rings. The maximum absolute atomic E-state index is 12.3. The number of benzene rings is 2. The first-order valence-electron chi connectivity index (χ1n) is 6.14. The third-order valence-electron chi connectivity index (χ3n) is 2.96. The van der Waals surface area contributed by atoms with E-state index < -0.39 is 14.9 Å². The zero-order chi connectivity index (χ0) is 15.6. The lowest BCUT2D eigenvalue weighted by Crippen LogP contribution is -2.14. The summed E-state index contributed by atoms with van der Waals surface area (Å²) in [6, 6.07) is 10.4. The van der Waals surface area contributed by atoms with Crippen molar-refractivity contribution < 1.29 is 13.3 Å². The third-order valence-corrected chi connectivity index (χ3v) is 4.49. The van der Waals surface area contributed by atoms with Crippen molar-refractivity contribution in [2.75, 3.05) is 4.72 Å². The van der Waals surface area contributed by atoms with Crippen molar-refractivity contribution in [1.82, 2.24) is 0 Å². The highest BCUT2D eigenvalue weighted by Crippen LogP contribution is 2.22. The van der Waals surface area contributed by atoms with Crippen molar-refractivity contribution >= 4 is 21.4 Å². The number of aryl methyl sites for hydroxylation is 2. The van der Waals surface area contributed by atoms with Crippen molar-refractivity contribution in [2.45, 2.75) is 18.7 Å². The van der Waals surface area contributed by atoms with Crippen LogP contribution in [0.4, 0.5) is 11.4 Å². The Balaban J connectivity index is 2.33. The van der Waals surface area contributed by atoms with Gasteiger partial charge in [-0.2, -0.15) is 0 Å². The molecule has 0 bridgehead atoms. The molecule has 0 aromatic heterocycles. The maximum atomic E-state index is 12.3. The quantitative estimate of drug-likeness (QED) is 0.694. The van der Waals surface area contributed by atoms with E-state index in [1.807, 2.05) is 13.0 Å². The molecule has 6 nitrogen and oxygen atoms in total. The van der Waals surface area contributed by atoms with Gasteiger partial charge in [0.1, 0.15) is 0 Å². The van der Waals surface area contributed by atoms with E-state index in [9.17, 15) is 18.5 Å². The Hall–Kier alpha value is -2.41. The van der Waals surface area contributed by atoms with Crippen LogP contribution < -0.4 is 4.72 Å². The summed E-state index contributed by atoms with van der Waals surface area (Å²) < 4.78 is 27.1. The summed E-state index contributed by atoms with van der Waals surface area (Å²) in [6.07, 6.45) is 0. The van der Waals surface area contributed by atoms with Gasteiger partial charge in [0, 0.05) is 17.8 Å². The van der Waals surface area contributed by atoms with Gasteiger partial charge in [0.15, 0.2) is 0 Å². The number of nitrogens with zero attached hydrogens (tertiary/aromatic N) is 1. The lowest BCUT2D eigenvalue weighted by Gasteiger charge is -2.11. The highest BCUT2D eigenvalue weighted by Gasteiger charge is 2.17. The van der Waals surface area contributed by atoms with E-state index in [0.717, 1.165) is 5.56 Å². The lowest BCUT2D eigenvalue weighted by molar-refractivity contribution is -0.384. The molecule has 0 unspecified atom stereocenters. The van der Waals surface area contributed by atoms with Crippen molar-refractivity contribution in [3.05, 3.63) is 63.7 Å². The zero-order valence-electron chi connectivity index (χ0n) is 11.5. The van der Waals surface area contributed by atoms with Gasteiger partial charge in [0.25, 0.3) is 15.7 Å². The zero-order valence-corrected chi connectivity index (χ0v) is 12.3. The second kappa shape index (κ2) is 5.53. The van der Waals surface area contributed by atoms with Gasteiger partial charge in [0.2, 0.25) is 0 Å². The molecule has 21 heavy (non-hydrogen) atoms. The molecule has 2 rings (SSSR count). The molecule has 0 aliphatic carbocycles. The van der Waals surface area contributed by atoms with Crippen LogP contribution >= 0.6 is 0 Å². The molecular weight excluding hydrogens is 292 g/mol. The Labute approximate surface area is 122 Å². The van der Waals surface area contributed by atoms with Gasteiger partial charge >= 0.3 is 0 Å². The fourth-order valence-corrected chi connectivity index (χ4v) is 3.25. The average Bonchev–Trinajstić information content (AvgIpc) is 2.41. The molecule has 0 aliphatic heterocycles. The Bertz CT molecular complexity index is 783. The summed E-state index contributed by atoms with van der Waals surface area (Å²) in [5, 5.41) is 10.6. The van der Waals surface area contributed by atoms with Crippen LogP contribution in [0.1, 0.15) is 11.1 Å². The van der Waals surface area contributed by atoms with Gasteiger partial charge in [-0.15, -0.1) is 0 Å². The smallest absolute Gasteiger partial charge is 0.269 e. The lowest BCUT2D eigenvalue weighted by atomic mass is 10.2. The summed E-state index contributed by atoms with van der Waals surface area (Å²) in [4.78, 5) is 10.2. The molecule has 2 aromatic carbocycles. The minimum Gasteiger partial charge on any atom is -0.280 e. The van der Waals surface area contributed by atoms with E-state index in [4.69, 9.17) is 0 Å². The van der Waals surface area contributed by atoms with Gasteiger partial charge in [-0.1, -0.05) is 12.1 Å². The summed E-state index contributed by atoms with van der Waals surface area (Å²) in [5.74, 6) is 0. The second-order valence-electron chi connectivity index (χ2n) is 4.68. The molecule has 0 radical (unpaired) electrons. The van der Waals surface area contributed by atoms with E-state index in [1.165, 1.54) is 24.3 Å². The fourth-order valence-electron chi connectivity index (χ4n) is 1.86. The summed E-state index contributed by atoms with van der Waals surface area (Å²) in [6.45, 7) is 3.52. The van der Waals surface area contributed by atoms with Crippen molar-refractivity contribution in [3.8, 4) is 0 Å². The van der Waals surface area contributed by atoms with Crippen molar-refractivity contribution in [3.63, 3.8) is 0 Å². The first-order chi connectivity index (χ1) is 9.79. The minimum absolute atomic E-state index is 0.0929. The van der Waals surface area contributed by atoms with Crippen molar-refractivity contribution in [1.29, 1.82) is 0 Å². The molecule has 0 saturated heterocycles. The molecule has 0 atom stereocenters. The molecule has 1 N–H and O–H groups in total. The van der Waals surface area contributed by atoms with Gasteiger partial charge in [0.05, 0.1) is 9.82 Å². The molecule has 0 heterocycles. The van der Waals surface area contributed by atoms with Crippen LogP contribution in [0.15, 0.2) is 47.4 Å². The van der Waals surface area contributed by atoms with Crippen LogP contribution in [0.2, 0.25) is 0 Å². The molecule has 2 aromatic rings. The number of non-ortho nitro benzene ring substituents is 1. The first kappa shape index (κ1) is 15.0. The van der Waals surface area contributed by atoms with Gasteiger partial charge in [-0.25, -0.2) is 8.42 Å². The summed E-state index contributed by atoms with van der Waals surface area (Å²) >= 11 is 0. The molecule has 0 saturated carbocycles. The van der Waals surface area contributed by atoms with Crippen LogP contribution in [-0.2, 0) is 10.0 Å². The van der Waals surface area contributed by atoms with Crippen molar-refractivity contribution in [2.24, 2.45) is 0 Å². The van der Waals surface area contributed by atoms with Crippen LogP contribution in [0.5, 0.6) is 0 Å². The molecular formula is C14H14N2O4S. The van der Waals surface area contributed by atoms with E-state index >= 15 is 0 Å². The Morgan fingerprint density at radius 3 is 2.24 bits per heavy atom. The van der Waals surface area contributed by atoms with Crippen LogP contribution in [0, 0.1) is 24.0 Å². The minimum atomic E-state index is -3.72. The van der Waals surface area contributed by atoms with Crippen LogP contribution in [0.25, 0.3) is 0 Å². The highest BCUT2D eigenvalue weighted by atomic mass is 32.2. The number of anilines is 1. The molecule has 0 aliphatic rings. The largest absolute Gasteiger partial charge is 0.280 e. The Morgan fingerprint density at radius 1 is 1.05 bits per heavy atom.